The number of hydrogen-bond donors (Lipinski definition) is 0. The summed E-state index contributed by atoms with van der Waals surface area (Å²) in [5, 5.41) is 0. The van der Waals surface area contributed by atoms with Gasteiger partial charge in [0.15, 0.2) is 5.82 Å². The molecule has 0 amide bonds. The normalized spacial score (nSPS) is 12.9. The molecule has 2 rings (SSSR count). The van der Waals surface area contributed by atoms with Gasteiger partial charge in [-0.2, -0.15) is 0 Å². The summed E-state index contributed by atoms with van der Waals surface area (Å²) < 4.78 is 20.7. The number of fused-ring (bicyclic) bond motifs is 1. The van der Waals surface area contributed by atoms with Gasteiger partial charge in [0.1, 0.15) is 17.3 Å². The summed E-state index contributed by atoms with van der Waals surface area (Å²) in [6, 6.07) is 4.79. The predicted octanol–water partition coefficient (Wildman–Crippen LogP) is 3.02. The van der Waals surface area contributed by atoms with E-state index >= 15 is 0 Å². The number of halogens is 1. The smallest absolute Gasteiger partial charge is 0.316 e. The van der Waals surface area contributed by atoms with Crippen molar-refractivity contribution in [2.45, 2.75) is 26.7 Å². The molecule has 0 saturated heterocycles. The lowest BCUT2D eigenvalue weighted by Crippen LogP contribution is -2.23. The molecule has 20 heavy (non-hydrogen) atoms. The van der Waals surface area contributed by atoms with Gasteiger partial charge in [0.05, 0.1) is 12.1 Å². The molecule has 1 atom stereocenters. The molecule has 1 aromatic carbocycles. The van der Waals surface area contributed by atoms with Crippen LogP contribution in [0.4, 0.5) is 4.39 Å². The number of benzene rings is 1. The first-order valence-corrected chi connectivity index (χ1v) is 6.74. The van der Waals surface area contributed by atoms with Gasteiger partial charge >= 0.3 is 5.97 Å². The Balaban J connectivity index is 2.57. The molecule has 0 N–H and O–H groups in total. The molecule has 0 aliphatic rings. The summed E-state index contributed by atoms with van der Waals surface area (Å²) in [6.07, 6.45) is 0. The van der Waals surface area contributed by atoms with E-state index in [1.54, 1.807) is 30.7 Å². The maximum absolute atomic E-state index is 13.8. The van der Waals surface area contributed by atoms with Crippen molar-refractivity contribution in [2.75, 3.05) is 6.61 Å². The monoisotopic (exact) mass is 278 g/mol. The largest absolute Gasteiger partial charge is 0.465 e. The van der Waals surface area contributed by atoms with Crippen molar-refractivity contribution in [3.05, 3.63) is 29.8 Å². The highest BCUT2D eigenvalue weighted by Crippen LogP contribution is 2.28. The highest BCUT2D eigenvalue weighted by Gasteiger charge is 2.30. The molecule has 1 unspecified atom stereocenters. The van der Waals surface area contributed by atoms with E-state index in [0.29, 0.717) is 23.5 Å². The van der Waals surface area contributed by atoms with Gasteiger partial charge in [0.2, 0.25) is 0 Å². The van der Waals surface area contributed by atoms with Crippen LogP contribution in [0.1, 0.15) is 32.5 Å². The summed E-state index contributed by atoms with van der Waals surface area (Å²) >= 11 is 0. The Morgan fingerprint density at radius 2 is 2.15 bits per heavy atom. The quantitative estimate of drug-likeness (QED) is 0.807. The van der Waals surface area contributed by atoms with Crippen molar-refractivity contribution < 1.29 is 13.9 Å². The minimum Gasteiger partial charge on any atom is -0.465 e. The number of aromatic nitrogens is 2. The summed E-state index contributed by atoms with van der Waals surface area (Å²) in [5.74, 6) is -0.630. The first-order chi connectivity index (χ1) is 9.47. The highest BCUT2D eigenvalue weighted by atomic mass is 19.1. The Kier molecular flexibility index (Phi) is 4.06. The van der Waals surface area contributed by atoms with E-state index in [9.17, 15) is 9.18 Å². The molecule has 4 nitrogen and oxygen atoms in total. The molecule has 0 aliphatic heterocycles. The summed E-state index contributed by atoms with van der Waals surface area (Å²) in [5.41, 5.74) is 0.967. The van der Waals surface area contributed by atoms with Crippen LogP contribution >= 0.6 is 0 Å². The van der Waals surface area contributed by atoms with Crippen molar-refractivity contribution in [2.24, 2.45) is 13.0 Å². The van der Waals surface area contributed by atoms with Crippen molar-refractivity contribution in [1.29, 1.82) is 0 Å². The molecule has 2 aromatic rings. The summed E-state index contributed by atoms with van der Waals surface area (Å²) in [4.78, 5) is 16.5. The van der Waals surface area contributed by atoms with E-state index in [2.05, 4.69) is 4.98 Å². The van der Waals surface area contributed by atoms with Gasteiger partial charge < -0.3 is 9.30 Å². The molecule has 0 fully saturated rings. The average Bonchev–Trinajstić information content (AvgIpc) is 2.69. The second kappa shape index (κ2) is 5.61. The fourth-order valence-electron chi connectivity index (χ4n) is 2.38. The Bertz CT molecular complexity index is 634. The zero-order valence-corrected chi connectivity index (χ0v) is 12.2. The third-order valence-electron chi connectivity index (χ3n) is 3.38. The maximum atomic E-state index is 13.8. The van der Waals surface area contributed by atoms with Crippen LogP contribution in [0, 0.1) is 11.7 Å². The molecule has 0 radical (unpaired) electrons. The van der Waals surface area contributed by atoms with Gasteiger partial charge in [-0.05, 0) is 25.0 Å². The van der Waals surface area contributed by atoms with E-state index in [4.69, 9.17) is 4.74 Å². The van der Waals surface area contributed by atoms with Crippen LogP contribution in [-0.4, -0.2) is 22.1 Å². The standard InChI is InChI=1S/C15H19FN2O2/c1-5-20-15(19)12(9(2)3)14-17-13-10(16)7-6-8-11(13)18(14)4/h6-9,12H,5H2,1-4H3. The lowest BCUT2D eigenvalue weighted by atomic mass is 9.95. The predicted molar refractivity (Wildman–Crippen MR) is 74.9 cm³/mol. The number of carbonyl (C=O) groups excluding carboxylic acids is 1. The van der Waals surface area contributed by atoms with Gasteiger partial charge in [0, 0.05) is 7.05 Å². The molecule has 0 bridgehead atoms. The molecule has 5 heteroatoms. The number of rotatable bonds is 4. The first kappa shape index (κ1) is 14.5. The number of hydrogen-bond acceptors (Lipinski definition) is 3. The van der Waals surface area contributed by atoms with Crippen molar-refractivity contribution >= 4 is 17.0 Å². The zero-order chi connectivity index (χ0) is 14.9. The van der Waals surface area contributed by atoms with E-state index in [0.717, 1.165) is 0 Å². The lowest BCUT2D eigenvalue weighted by Gasteiger charge is -2.18. The summed E-state index contributed by atoms with van der Waals surface area (Å²) in [6.45, 7) is 5.94. The second-order valence-corrected chi connectivity index (χ2v) is 5.11. The van der Waals surface area contributed by atoms with Crippen LogP contribution in [0.3, 0.4) is 0 Å². The fraction of sp³-hybridized carbons (Fsp3) is 0.467. The molecule has 1 heterocycles. The minimum atomic E-state index is -0.494. The number of para-hydroxylation sites is 1. The Labute approximate surface area is 117 Å². The van der Waals surface area contributed by atoms with Gasteiger partial charge in [0.25, 0.3) is 0 Å². The molecule has 0 spiro atoms. The van der Waals surface area contributed by atoms with Gasteiger partial charge in [-0.1, -0.05) is 19.9 Å². The molecular weight excluding hydrogens is 259 g/mol. The number of imidazole rings is 1. The van der Waals surface area contributed by atoms with E-state index in [-0.39, 0.29) is 17.7 Å². The average molecular weight is 278 g/mol. The molecule has 0 saturated carbocycles. The van der Waals surface area contributed by atoms with Crippen molar-refractivity contribution in [3.63, 3.8) is 0 Å². The second-order valence-electron chi connectivity index (χ2n) is 5.11. The minimum absolute atomic E-state index is 0.0209. The lowest BCUT2D eigenvalue weighted by molar-refractivity contribution is -0.146. The molecule has 1 aromatic heterocycles. The van der Waals surface area contributed by atoms with Gasteiger partial charge in [-0.15, -0.1) is 0 Å². The fourth-order valence-corrected chi connectivity index (χ4v) is 2.38. The van der Waals surface area contributed by atoms with Gasteiger partial charge in [-0.3, -0.25) is 4.79 Å². The molecule has 108 valence electrons. The van der Waals surface area contributed by atoms with Crippen LogP contribution in [0.2, 0.25) is 0 Å². The van der Waals surface area contributed by atoms with Crippen molar-refractivity contribution in [1.82, 2.24) is 9.55 Å². The maximum Gasteiger partial charge on any atom is 0.316 e. The third kappa shape index (κ3) is 2.40. The van der Waals surface area contributed by atoms with Crippen LogP contribution in [0.25, 0.3) is 11.0 Å². The number of aryl methyl sites for hydroxylation is 1. The topological polar surface area (TPSA) is 44.1 Å². The van der Waals surface area contributed by atoms with E-state index in [1.807, 2.05) is 13.8 Å². The van der Waals surface area contributed by atoms with E-state index in [1.165, 1.54) is 6.07 Å². The Morgan fingerprint density at radius 3 is 2.70 bits per heavy atom. The number of esters is 1. The highest BCUT2D eigenvalue weighted by molar-refractivity contribution is 5.81. The number of nitrogens with zero attached hydrogens (tertiary/aromatic N) is 2. The first-order valence-electron chi connectivity index (χ1n) is 6.74. The zero-order valence-electron chi connectivity index (χ0n) is 12.2. The Morgan fingerprint density at radius 1 is 1.45 bits per heavy atom. The summed E-state index contributed by atoms with van der Waals surface area (Å²) in [7, 11) is 1.79. The van der Waals surface area contributed by atoms with Crippen LogP contribution < -0.4 is 0 Å². The van der Waals surface area contributed by atoms with Gasteiger partial charge in [-0.25, -0.2) is 9.37 Å². The van der Waals surface area contributed by atoms with Crippen LogP contribution in [0.5, 0.6) is 0 Å². The number of ether oxygens (including phenoxy) is 1. The molecular formula is C15H19FN2O2. The number of carbonyl (C=O) groups is 1. The third-order valence-corrected chi connectivity index (χ3v) is 3.38. The Hall–Kier alpha value is -1.91. The van der Waals surface area contributed by atoms with Crippen LogP contribution in [0.15, 0.2) is 18.2 Å². The van der Waals surface area contributed by atoms with E-state index < -0.39 is 5.92 Å². The molecule has 0 aliphatic carbocycles. The van der Waals surface area contributed by atoms with Crippen LogP contribution in [-0.2, 0) is 16.6 Å². The SMILES string of the molecule is CCOC(=O)C(c1nc2c(F)cccc2n1C)C(C)C. The van der Waals surface area contributed by atoms with Crippen molar-refractivity contribution in [3.8, 4) is 0 Å².